The maximum atomic E-state index is 12.8. The maximum Gasteiger partial charge on any atom is 0.338 e. The standard InChI is InChI=1S/C22H28N2O4S/c1-6-26-18-12-16(8-9-17(18)28-13-14(3)4)20-19(21(25)27-7-2)15(5)23-22-24(20)10-11-29-22/h8-12,14,20H,6-7,13H2,1-5H3. The van der Waals surface area contributed by atoms with Crippen LogP contribution in [0.25, 0.3) is 0 Å². The van der Waals surface area contributed by atoms with Crippen LogP contribution in [0.4, 0.5) is 0 Å². The Morgan fingerprint density at radius 1 is 1.21 bits per heavy atom. The molecule has 0 aromatic heterocycles. The van der Waals surface area contributed by atoms with Crippen molar-refractivity contribution in [2.75, 3.05) is 19.8 Å². The van der Waals surface area contributed by atoms with Crippen LogP contribution in [0.5, 0.6) is 11.5 Å². The molecule has 0 spiro atoms. The summed E-state index contributed by atoms with van der Waals surface area (Å²) in [6.45, 7) is 11.3. The van der Waals surface area contributed by atoms with Crippen molar-refractivity contribution < 1.29 is 19.0 Å². The molecule has 2 aliphatic rings. The van der Waals surface area contributed by atoms with Crippen LogP contribution in [0.3, 0.4) is 0 Å². The fourth-order valence-electron chi connectivity index (χ4n) is 3.24. The number of hydrogen-bond acceptors (Lipinski definition) is 7. The number of amidine groups is 1. The molecule has 0 N–H and O–H groups in total. The minimum Gasteiger partial charge on any atom is -0.490 e. The summed E-state index contributed by atoms with van der Waals surface area (Å²) < 4.78 is 17.1. The lowest BCUT2D eigenvalue weighted by Gasteiger charge is -2.33. The molecule has 0 saturated carbocycles. The van der Waals surface area contributed by atoms with E-state index in [-0.39, 0.29) is 12.0 Å². The Morgan fingerprint density at radius 2 is 2.00 bits per heavy atom. The number of carbonyl (C=O) groups is 1. The van der Waals surface area contributed by atoms with Crippen molar-refractivity contribution in [1.82, 2.24) is 4.90 Å². The molecule has 6 nitrogen and oxygen atoms in total. The largest absolute Gasteiger partial charge is 0.490 e. The number of carbonyl (C=O) groups excluding carboxylic acids is 1. The summed E-state index contributed by atoms with van der Waals surface area (Å²) in [6.07, 6.45) is 1.95. The van der Waals surface area contributed by atoms with Gasteiger partial charge in [-0.3, -0.25) is 0 Å². The zero-order valence-corrected chi connectivity index (χ0v) is 18.4. The molecule has 0 amide bonds. The van der Waals surface area contributed by atoms with E-state index in [9.17, 15) is 4.79 Å². The Bertz CT molecular complexity index is 860. The molecule has 0 radical (unpaired) electrons. The molecule has 3 rings (SSSR count). The van der Waals surface area contributed by atoms with E-state index in [0.29, 0.717) is 48.5 Å². The molecular formula is C22H28N2O4S. The molecule has 0 aliphatic carbocycles. The smallest absolute Gasteiger partial charge is 0.338 e. The van der Waals surface area contributed by atoms with Crippen molar-refractivity contribution in [2.45, 2.75) is 40.7 Å². The van der Waals surface area contributed by atoms with Gasteiger partial charge in [-0.15, -0.1) is 0 Å². The molecule has 0 saturated heterocycles. The quantitative estimate of drug-likeness (QED) is 0.563. The van der Waals surface area contributed by atoms with Gasteiger partial charge in [0.1, 0.15) is 0 Å². The predicted octanol–water partition coefficient (Wildman–Crippen LogP) is 4.89. The summed E-state index contributed by atoms with van der Waals surface area (Å²) >= 11 is 1.54. The molecule has 0 bridgehead atoms. The predicted molar refractivity (Wildman–Crippen MR) is 116 cm³/mol. The van der Waals surface area contributed by atoms with Gasteiger partial charge in [0.2, 0.25) is 0 Å². The number of nitrogens with zero attached hydrogens (tertiary/aromatic N) is 2. The lowest BCUT2D eigenvalue weighted by molar-refractivity contribution is -0.139. The monoisotopic (exact) mass is 416 g/mol. The second-order valence-corrected chi connectivity index (χ2v) is 8.04. The fraction of sp³-hybridized carbons (Fsp3) is 0.455. The zero-order chi connectivity index (χ0) is 21.0. The van der Waals surface area contributed by atoms with Gasteiger partial charge in [-0.2, -0.15) is 0 Å². The second kappa shape index (κ2) is 9.39. The second-order valence-electron chi connectivity index (χ2n) is 7.17. The minimum absolute atomic E-state index is 0.315. The van der Waals surface area contributed by atoms with Crippen molar-refractivity contribution >= 4 is 22.9 Å². The van der Waals surface area contributed by atoms with Crippen LogP contribution in [0.1, 0.15) is 46.2 Å². The summed E-state index contributed by atoms with van der Waals surface area (Å²) in [4.78, 5) is 19.4. The number of ether oxygens (including phenoxy) is 3. The molecular weight excluding hydrogens is 388 g/mol. The average molecular weight is 417 g/mol. The van der Waals surface area contributed by atoms with Gasteiger partial charge in [0.25, 0.3) is 0 Å². The topological polar surface area (TPSA) is 60.4 Å². The van der Waals surface area contributed by atoms with Crippen LogP contribution in [-0.2, 0) is 9.53 Å². The van der Waals surface area contributed by atoms with E-state index in [1.165, 1.54) is 11.8 Å². The zero-order valence-electron chi connectivity index (χ0n) is 17.6. The molecule has 0 fully saturated rings. The number of esters is 1. The van der Waals surface area contributed by atoms with Crippen LogP contribution < -0.4 is 9.47 Å². The van der Waals surface area contributed by atoms with Gasteiger partial charge >= 0.3 is 5.97 Å². The lowest BCUT2D eigenvalue weighted by atomic mass is 9.94. The van der Waals surface area contributed by atoms with E-state index in [0.717, 1.165) is 10.7 Å². The summed E-state index contributed by atoms with van der Waals surface area (Å²) in [5.74, 6) is 1.44. The third-order valence-corrected chi connectivity index (χ3v) is 5.24. The number of benzene rings is 1. The van der Waals surface area contributed by atoms with E-state index < -0.39 is 0 Å². The first-order valence-electron chi connectivity index (χ1n) is 9.94. The van der Waals surface area contributed by atoms with Crippen molar-refractivity contribution in [2.24, 2.45) is 10.9 Å². The Hall–Kier alpha value is -2.41. The van der Waals surface area contributed by atoms with Crippen LogP contribution >= 0.6 is 11.8 Å². The van der Waals surface area contributed by atoms with Gasteiger partial charge in [-0.1, -0.05) is 31.7 Å². The fourth-order valence-corrected chi connectivity index (χ4v) is 4.03. The Morgan fingerprint density at radius 3 is 2.69 bits per heavy atom. The van der Waals surface area contributed by atoms with E-state index in [1.54, 1.807) is 6.92 Å². The van der Waals surface area contributed by atoms with Crippen LogP contribution in [0, 0.1) is 5.92 Å². The first-order valence-corrected chi connectivity index (χ1v) is 10.8. The Labute approximate surface area is 176 Å². The van der Waals surface area contributed by atoms with Crippen molar-refractivity contribution in [3.8, 4) is 11.5 Å². The molecule has 1 aromatic carbocycles. The highest BCUT2D eigenvalue weighted by molar-refractivity contribution is 8.16. The Kier molecular flexibility index (Phi) is 6.90. The van der Waals surface area contributed by atoms with Gasteiger partial charge in [0.15, 0.2) is 16.7 Å². The molecule has 1 atom stereocenters. The molecule has 29 heavy (non-hydrogen) atoms. The summed E-state index contributed by atoms with van der Waals surface area (Å²) in [6, 6.07) is 5.52. The normalized spacial score (nSPS) is 18.1. The third-order valence-electron chi connectivity index (χ3n) is 4.47. The SMILES string of the molecule is CCOC(=O)C1=C(C)N=C2SC=CN2C1c1ccc(OCC(C)C)c(OCC)c1. The van der Waals surface area contributed by atoms with Crippen molar-refractivity contribution in [3.05, 3.63) is 46.6 Å². The molecule has 2 aliphatic heterocycles. The number of aliphatic imine (C=N–C) groups is 1. The van der Waals surface area contributed by atoms with Crippen LogP contribution in [0.15, 0.2) is 46.1 Å². The number of hydrogen-bond donors (Lipinski definition) is 0. The first-order chi connectivity index (χ1) is 14.0. The van der Waals surface area contributed by atoms with E-state index in [1.807, 2.05) is 48.6 Å². The number of fused-ring (bicyclic) bond motifs is 1. The van der Waals surface area contributed by atoms with Gasteiger partial charge in [-0.25, -0.2) is 9.79 Å². The van der Waals surface area contributed by atoms with Gasteiger partial charge in [-0.05, 0) is 49.8 Å². The van der Waals surface area contributed by atoms with Crippen molar-refractivity contribution in [3.63, 3.8) is 0 Å². The molecule has 7 heteroatoms. The van der Waals surface area contributed by atoms with Gasteiger partial charge in [0, 0.05) is 6.20 Å². The molecule has 1 unspecified atom stereocenters. The van der Waals surface area contributed by atoms with Crippen LogP contribution in [-0.4, -0.2) is 35.9 Å². The van der Waals surface area contributed by atoms with E-state index in [4.69, 9.17) is 14.2 Å². The molecule has 156 valence electrons. The lowest BCUT2D eigenvalue weighted by Crippen LogP contribution is -2.34. The average Bonchev–Trinajstić information content (AvgIpc) is 3.14. The summed E-state index contributed by atoms with van der Waals surface area (Å²) in [5.41, 5.74) is 2.14. The Balaban J connectivity index is 2.03. The van der Waals surface area contributed by atoms with E-state index in [2.05, 4.69) is 18.8 Å². The third kappa shape index (κ3) is 4.61. The van der Waals surface area contributed by atoms with Gasteiger partial charge < -0.3 is 19.1 Å². The van der Waals surface area contributed by atoms with E-state index >= 15 is 0 Å². The highest BCUT2D eigenvalue weighted by Crippen LogP contribution is 2.43. The van der Waals surface area contributed by atoms with Crippen molar-refractivity contribution in [1.29, 1.82) is 0 Å². The highest BCUT2D eigenvalue weighted by Gasteiger charge is 2.37. The minimum atomic E-state index is -0.346. The number of rotatable bonds is 8. The molecule has 2 heterocycles. The highest BCUT2D eigenvalue weighted by atomic mass is 32.2. The molecule has 1 aromatic rings. The van der Waals surface area contributed by atoms with Gasteiger partial charge in [0.05, 0.1) is 37.1 Å². The van der Waals surface area contributed by atoms with Crippen LogP contribution in [0.2, 0.25) is 0 Å². The number of allylic oxidation sites excluding steroid dienone is 1. The summed E-state index contributed by atoms with van der Waals surface area (Å²) in [7, 11) is 0. The summed E-state index contributed by atoms with van der Waals surface area (Å²) in [5, 5.41) is 2.81. The first kappa shape index (κ1) is 21.3. The maximum absolute atomic E-state index is 12.8. The number of thioether (sulfide) groups is 1.